The highest BCUT2D eigenvalue weighted by Crippen LogP contribution is 2.56. The largest absolute Gasteiger partial charge is 0.456 e. The highest BCUT2D eigenvalue weighted by Gasteiger charge is 2.47. The van der Waals surface area contributed by atoms with Crippen molar-refractivity contribution in [2.24, 2.45) is 0 Å². The number of nitrogens with zero attached hydrogens (tertiary/aromatic N) is 3. The third-order valence-corrected chi connectivity index (χ3v) is 24.8. The number of benzene rings is 15. The van der Waals surface area contributed by atoms with Gasteiger partial charge < -0.3 is 18.8 Å². The molecular weight excluding hydrogens is 1370 g/mol. The lowest BCUT2D eigenvalue weighted by molar-refractivity contribution is 0.590. The molecule has 0 fully saturated rings. The first-order valence-electron chi connectivity index (χ1n) is 40.4. The van der Waals surface area contributed by atoms with Crippen LogP contribution in [0.3, 0.4) is 0 Å². The van der Waals surface area contributed by atoms with Crippen molar-refractivity contribution in [1.29, 1.82) is 0 Å². The Balaban J connectivity index is 0.978. The van der Waals surface area contributed by atoms with Gasteiger partial charge in [0.2, 0.25) is 0 Å². The van der Waals surface area contributed by atoms with Crippen LogP contribution in [0.4, 0.5) is 34.1 Å². The minimum Gasteiger partial charge on any atom is -0.456 e. The predicted octanol–water partition coefficient (Wildman–Crippen LogP) is 27.4. The highest BCUT2D eigenvalue weighted by molar-refractivity contribution is 7.00. The molecule has 113 heavy (non-hydrogen) atoms. The fraction of sp³-hybridized carbons (Fsp3) is 0.167. The van der Waals surface area contributed by atoms with Gasteiger partial charge in [0, 0.05) is 78.2 Å². The van der Waals surface area contributed by atoms with Crippen molar-refractivity contribution < 1.29 is 4.42 Å². The maximum atomic E-state index is 6.79. The average Bonchev–Trinajstić information content (AvgIpc) is 0.805. The van der Waals surface area contributed by atoms with E-state index in [9.17, 15) is 0 Å². The van der Waals surface area contributed by atoms with E-state index in [1.54, 1.807) is 0 Å². The minimum atomic E-state index is -0.314. The Hall–Kier alpha value is -12.4. The van der Waals surface area contributed by atoms with Gasteiger partial charge in [-0.25, -0.2) is 0 Å². The Morgan fingerprint density at radius 2 is 0.708 bits per heavy atom. The maximum absolute atomic E-state index is 6.79. The molecule has 0 atom stereocenters. The molecule has 3 aliphatic rings. The molecule has 0 N–H and O–H groups in total. The van der Waals surface area contributed by atoms with E-state index in [0.717, 1.165) is 135 Å². The van der Waals surface area contributed by atoms with Crippen LogP contribution in [0.1, 0.15) is 139 Å². The second kappa shape index (κ2) is 26.1. The smallest absolute Gasteiger partial charge is 0.252 e. The fourth-order valence-electron chi connectivity index (χ4n) is 19.0. The zero-order valence-corrected chi connectivity index (χ0v) is 66.7. The van der Waals surface area contributed by atoms with Crippen molar-refractivity contribution in [3.63, 3.8) is 0 Å². The van der Waals surface area contributed by atoms with Crippen molar-refractivity contribution in [3.8, 4) is 61.3 Å². The number of fused-ring (bicyclic) bond motifs is 12. The Morgan fingerprint density at radius 1 is 0.310 bits per heavy atom. The summed E-state index contributed by atoms with van der Waals surface area (Å²) in [4.78, 5) is 5.51. The first-order chi connectivity index (χ1) is 54.6. The first-order valence-corrected chi connectivity index (χ1v) is 40.4. The number of anilines is 6. The summed E-state index contributed by atoms with van der Waals surface area (Å²) in [7, 11) is 0. The summed E-state index contributed by atoms with van der Waals surface area (Å²) in [5.41, 5.74) is 38.5. The fourth-order valence-corrected chi connectivity index (χ4v) is 19.0. The van der Waals surface area contributed by atoms with Gasteiger partial charge in [-0.1, -0.05) is 350 Å². The van der Waals surface area contributed by atoms with Gasteiger partial charge in [0.05, 0.1) is 22.4 Å². The standard InChI is InChI=1S/C108H92BN3O/c1-105(2,3)75-51-42-67(43-52-75)83-34-23-35-84(68-44-53-76(54-45-68)106(4,5)6)103(83)111-94-61-50-73(82-33-25-41-99-101(82)89-32-19-22-40-98(89)113-99)63-91(94)109-90-60-59-79(110-92-38-20-17-30-87(92)88-31-18-21-39-93(88)110)66-95(90)112(97-65-74(64-96(111)102(97)109)100-80-28-15-13-26-71(80)62-72-27-14-16-29-81(72)100)104-85(69-46-55-77(56-47-69)107(7,8)9)36-24-37-86(104)70-48-57-78(58-49-70)108(10,11)12/h13-61,63-66,100H,62H2,1-12H3. The van der Waals surface area contributed by atoms with Crippen LogP contribution in [0.25, 0.3) is 105 Å². The van der Waals surface area contributed by atoms with Crippen LogP contribution >= 0.6 is 0 Å². The van der Waals surface area contributed by atoms with Crippen molar-refractivity contribution in [2.45, 2.75) is 117 Å². The third-order valence-electron chi connectivity index (χ3n) is 24.8. The van der Waals surface area contributed by atoms with Gasteiger partial charge in [-0.15, -0.1) is 0 Å². The van der Waals surface area contributed by atoms with Crippen LogP contribution in [-0.4, -0.2) is 11.3 Å². The van der Waals surface area contributed by atoms with E-state index < -0.39 is 0 Å². The molecule has 548 valence electrons. The van der Waals surface area contributed by atoms with Crippen LogP contribution in [0.5, 0.6) is 0 Å². The average molecular weight is 1460 g/mol. The monoisotopic (exact) mass is 1460 g/mol. The lowest BCUT2D eigenvalue weighted by Crippen LogP contribution is -2.61. The first kappa shape index (κ1) is 69.7. The second-order valence-corrected chi connectivity index (χ2v) is 36.0. The van der Waals surface area contributed by atoms with E-state index >= 15 is 0 Å². The summed E-state index contributed by atoms with van der Waals surface area (Å²) in [5.74, 6) is -0.145. The highest BCUT2D eigenvalue weighted by atomic mass is 16.3. The van der Waals surface area contributed by atoms with E-state index in [1.165, 1.54) is 77.2 Å². The maximum Gasteiger partial charge on any atom is 0.252 e. The van der Waals surface area contributed by atoms with E-state index in [4.69, 9.17) is 4.42 Å². The molecule has 2 aliphatic heterocycles. The molecule has 1 aliphatic carbocycles. The summed E-state index contributed by atoms with van der Waals surface area (Å²) in [5, 5.41) is 4.66. The number of hydrogen-bond donors (Lipinski definition) is 0. The Labute approximate surface area is 665 Å². The van der Waals surface area contributed by atoms with Gasteiger partial charge in [-0.3, -0.25) is 0 Å². The molecule has 4 heterocycles. The Morgan fingerprint density at radius 3 is 1.19 bits per heavy atom. The van der Waals surface area contributed by atoms with Crippen LogP contribution in [0.15, 0.2) is 326 Å². The van der Waals surface area contributed by atoms with Gasteiger partial charge in [0.25, 0.3) is 6.71 Å². The lowest BCUT2D eigenvalue weighted by atomic mass is 9.33. The molecule has 0 spiro atoms. The summed E-state index contributed by atoms with van der Waals surface area (Å²) in [6.07, 6.45) is 0.857. The molecule has 4 nitrogen and oxygen atoms in total. The summed E-state index contributed by atoms with van der Waals surface area (Å²) in [6.45, 7) is 27.5. The molecule has 15 aromatic carbocycles. The number of hydrogen-bond acceptors (Lipinski definition) is 3. The topological polar surface area (TPSA) is 24.6 Å². The molecule has 0 bridgehead atoms. The summed E-state index contributed by atoms with van der Waals surface area (Å²) < 4.78 is 9.31. The molecule has 17 aromatic rings. The van der Waals surface area contributed by atoms with Crippen molar-refractivity contribution in [3.05, 3.63) is 372 Å². The third kappa shape index (κ3) is 11.5. The van der Waals surface area contributed by atoms with Crippen molar-refractivity contribution in [2.75, 3.05) is 9.80 Å². The lowest BCUT2D eigenvalue weighted by Gasteiger charge is -2.46. The van der Waals surface area contributed by atoms with Crippen molar-refractivity contribution >= 4 is 101 Å². The van der Waals surface area contributed by atoms with E-state index in [2.05, 4.69) is 419 Å². The predicted molar refractivity (Wildman–Crippen MR) is 481 cm³/mol. The normalized spacial score (nSPS) is 13.5. The minimum absolute atomic E-state index is 0.0594. The number of rotatable bonds is 9. The number of furan rings is 1. The van der Waals surface area contributed by atoms with Crippen LogP contribution in [0.2, 0.25) is 0 Å². The van der Waals surface area contributed by atoms with E-state index in [1.807, 2.05) is 0 Å². The van der Waals surface area contributed by atoms with Gasteiger partial charge in [0.15, 0.2) is 0 Å². The summed E-state index contributed by atoms with van der Waals surface area (Å²) in [6, 6.07) is 124. The second-order valence-electron chi connectivity index (χ2n) is 36.0. The van der Waals surface area contributed by atoms with Gasteiger partial charge in [-0.05, 0) is 183 Å². The molecule has 0 saturated heterocycles. The van der Waals surface area contributed by atoms with Crippen molar-refractivity contribution in [1.82, 2.24) is 4.57 Å². The molecule has 0 amide bonds. The van der Waals surface area contributed by atoms with Crippen LogP contribution in [0, 0.1) is 0 Å². The summed E-state index contributed by atoms with van der Waals surface area (Å²) >= 11 is 0. The zero-order chi connectivity index (χ0) is 77.1. The quantitative estimate of drug-likeness (QED) is 0.135. The molecule has 20 rings (SSSR count). The van der Waals surface area contributed by atoms with E-state index in [-0.39, 0.29) is 34.3 Å². The molecule has 0 radical (unpaired) electrons. The molecule has 2 aromatic heterocycles. The molecule has 0 unspecified atom stereocenters. The zero-order valence-electron chi connectivity index (χ0n) is 66.7. The van der Waals surface area contributed by atoms with Crippen LogP contribution < -0.4 is 26.2 Å². The van der Waals surface area contributed by atoms with E-state index in [0.29, 0.717) is 0 Å². The number of aromatic nitrogens is 1. The van der Waals surface area contributed by atoms with Gasteiger partial charge >= 0.3 is 0 Å². The van der Waals surface area contributed by atoms with Gasteiger partial charge in [0.1, 0.15) is 11.2 Å². The SMILES string of the molecule is CC(C)(C)c1ccc(-c2cccc(-c3ccc(C(C)(C)C)cc3)c2N2c3ccc(-c4cccc5oc6ccccc6c45)cc3B3c4ccc(-n5c6ccccc6c6ccccc65)cc4N(c4c(-c5ccc(C(C)(C)C)cc5)cccc4-c4ccc(C(C)(C)C)cc4)c4cc(C5c6ccccc6Cc6ccccc65)cc2c43)cc1. The Bertz CT molecular complexity index is 6430. The Kier molecular flexibility index (Phi) is 16.1. The molecule has 0 saturated carbocycles. The number of para-hydroxylation sites is 5. The molecule has 5 heteroatoms. The van der Waals surface area contributed by atoms with Gasteiger partial charge in [-0.2, -0.15) is 0 Å². The molecular formula is C108H92BN3O. The van der Waals surface area contributed by atoms with Crippen LogP contribution in [-0.2, 0) is 28.1 Å².